The van der Waals surface area contributed by atoms with Crippen molar-refractivity contribution in [2.45, 2.75) is 4.90 Å². The number of nitrogens with one attached hydrogen (secondary N) is 1. The van der Waals surface area contributed by atoms with Crippen molar-refractivity contribution < 1.29 is 22.7 Å². The number of carbonyl (C=O) groups is 1. The fourth-order valence-electron chi connectivity index (χ4n) is 3.26. The molecule has 1 heterocycles. The zero-order valence-corrected chi connectivity index (χ0v) is 20.0. The standard InChI is InChI=1S/C23H19Cl2N3O5S/c24-17-11-18(25)13-19(12-17)28(34(30,31)20-6-2-1-3-7-20)15-22(29)27-26-14-16-5-4-8-21-23(16)33-10-9-32-21/h1-8,11-14H,9-10,15H2,(H,27,29)/b26-14-. The Hall–Kier alpha value is -3.27. The number of amides is 1. The number of halogens is 2. The summed E-state index contributed by atoms with van der Waals surface area (Å²) in [5.41, 5.74) is 3.10. The number of ether oxygens (including phenoxy) is 2. The van der Waals surface area contributed by atoms with E-state index in [1.54, 1.807) is 36.4 Å². The average molecular weight is 520 g/mol. The van der Waals surface area contributed by atoms with Gasteiger partial charge in [-0.1, -0.05) is 47.5 Å². The Bertz CT molecular complexity index is 1310. The van der Waals surface area contributed by atoms with Gasteiger partial charge in [0.2, 0.25) is 0 Å². The molecule has 0 aliphatic carbocycles. The van der Waals surface area contributed by atoms with E-state index in [4.69, 9.17) is 32.7 Å². The van der Waals surface area contributed by atoms with Crippen LogP contribution >= 0.6 is 23.2 Å². The lowest BCUT2D eigenvalue weighted by Gasteiger charge is -2.24. The maximum Gasteiger partial charge on any atom is 0.264 e. The number of hydrogen-bond acceptors (Lipinski definition) is 6. The molecule has 0 unspecified atom stereocenters. The van der Waals surface area contributed by atoms with Gasteiger partial charge in [-0.2, -0.15) is 5.10 Å². The molecule has 0 aromatic heterocycles. The molecule has 11 heteroatoms. The van der Waals surface area contributed by atoms with Crippen LogP contribution in [0.25, 0.3) is 0 Å². The predicted octanol–water partition coefficient (Wildman–Crippen LogP) is 4.11. The van der Waals surface area contributed by atoms with Crippen molar-refractivity contribution in [3.05, 3.63) is 82.3 Å². The van der Waals surface area contributed by atoms with Crippen LogP contribution in [0, 0.1) is 0 Å². The number of anilines is 1. The first kappa shape index (κ1) is 23.9. The highest BCUT2D eigenvalue weighted by atomic mass is 35.5. The zero-order valence-electron chi connectivity index (χ0n) is 17.6. The Labute approximate surface area is 206 Å². The third-order valence-corrected chi connectivity index (χ3v) is 6.97. The molecule has 1 N–H and O–H groups in total. The van der Waals surface area contributed by atoms with Crippen LogP contribution in [0.4, 0.5) is 5.69 Å². The number of hydrogen-bond donors (Lipinski definition) is 1. The minimum Gasteiger partial charge on any atom is -0.486 e. The van der Waals surface area contributed by atoms with Gasteiger partial charge in [-0.25, -0.2) is 13.8 Å². The number of rotatable bonds is 7. The third-order valence-electron chi connectivity index (χ3n) is 4.74. The summed E-state index contributed by atoms with van der Waals surface area (Å²) in [6.07, 6.45) is 1.40. The molecule has 1 aliphatic rings. The summed E-state index contributed by atoms with van der Waals surface area (Å²) in [5.74, 6) is 0.432. The number of hydrazone groups is 1. The van der Waals surface area contributed by atoms with Crippen LogP contribution in [0.3, 0.4) is 0 Å². The largest absolute Gasteiger partial charge is 0.486 e. The molecule has 176 valence electrons. The van der Waals surface area contributed by atoms with E-state index in [1.165, 1.54) is 36.5 Å². The van der Waals surface area contributed by atoms with Crippen LogP contribution in [0.1, 0.15) is 5.56 Å². The predicted molar refractivity (Wildman–Crippen MR) is 131 cm³/mol. The van der Waals surface area contributed by atoms with Gasteiger partial charge >= 0.3 is 0 Å². The van der Waals surface area contributed by atoms with Gasteiger partial charge in [0.1, 0.15) is 19.8 Å². The van der Waals surface area contributed by atoms with Gasteiger partial charge < -0.3 is 9.47 Å². The van der Waals surface area contributed by atoms with E-state index in [2.05, 4.69) is 10.5 Å². The number of para-hydroxylation sites is 1. The Morgan fingerprint density at radius 1 is 1.00 bits per heavy atom. The molecule has 34 heavy (non-hydrogen) atoms. The number of nitrogens with zero attached hydrogens (tertiary/aromatic N) is 2. The maximum absolute atomic E-state index is 13.3. The first-order valence-corrected chi connectivity index (χ1v) is 12.3. The molecular formula is C23H19Cl2N3O5S. The summed E-state index contributed by atoms with van der Waals surface area (Å²) >= 11 is 12.2. The quantitative estimate of drug-likeness (QED) is 0.374. The molecule has 0 spiro atoms. The van der Waals surface area contributed by atoms with E-state index >= 15 is 0 Å². The molecule has 1 aliphatic heterocycles. The van der Waals surface area contributed by atoms with Crippen molar-refractivity contribution in [3.63, 3.8) is 0 Å². The highest BCUT2D eigenvalue weighted by molar-refractivity contribution is 7.92. The van der Waals surface area contributed by atoms with Gasteiger partial charge in [-0.15, -0.1) is 0 Å². The topological polar surface area (TPSA) is 97.3 Å². The normalized spacial score (nSPS) is 13.0. The summed E-state index contributed by atoms with van der Waals surface area (Å²) in [7, 11) is -4.11. The Morgan fingerprint density at radius 3 is 2.44 bits per heavy atom. The summed E-state index contributed by atoms with van der Waals surface area (Å²) in [4.78, 5) is 12.7. The SMILES string of the molecule is O=C(CN(c1cc(Cl)cc(Cl)c1)S(=O)(=O)c1ccccc1)N/N=C\c1cccc2c1OCCO2. The summed E-state index contributed by atoms with van der Waals surface area (Å²) < 4.78 is 38.7. The maximum atomic E-state index is 13.3. The molecule has 0 atom stereocenters. The second-order valence-corrected chi connectivity index (χ2v) is 9.85. The average Bonchev–Trinajstić information content (AvgIpc) is 2.82. The van der Waals surface area contributed by atoms with E-state index in [9.17, 15) is 13.2 Å². The van der Waals surface area contributed by atoms with E-state index in [1.807, 2.05) is 0 Å². The van der Waals surface area contributed by atoms with Gasteiger partial charge in [-0.3, -0.25) is 9.10 Å². The Morgan fingerprint density at radius 2 is 1.71 bits per heavy atom. The van der Waals surface area contributed by atoms with Crippen LogP contribution in [0.15, 0.2) is 76.7 Å². The summed E-state index contributed by atoms with van der Waals surface area (Å²) in [6, 6.07) is 17.3. The molecule has 0 fully saturated rings. The molecular weight excluding hydrogens is 501 g/mol. The lowest BCUT2D eigenvalue weighted by Crippen LogP contribution is -2.39. The third kappa shape index (κ3) is 5.44. The minimum atomic E-state index is -4.11. The molecule has 4 rings (SSSR count). The fraction of sp³-hybridized carbons (Fsp3) is 0.130. The van der Waals surface area contributed by atoms with Crippen LogP contribution < -0.4 is 19.2 Å². The molecule has 3 aromatic carbocycles. The fourth-order valence-corrected chi connectivity index (χ4v) is 5.20. The molecule has 0 bridgehead atoms. The zero-order chi connectivity index (χ0) is 24.1. The van der Waals surface area contributed by atoms with Crippen LogP contribution in [-0.2, 0) is 14.8 Å². The number of carbonyl (C=O) groups excluding carboxylic acids is 1. The van der Waals surface area contributed by atoms with Crippen LogP contribution in [0.2, 0.25) is 10.0 Å². The molecule has 3 aromatic rings. The highest BCUT2D eigenvalue weighted by Gasteiger charge is 2.27. The van der Waals surface area contributed by atoms with Gasteiger partial charge in [0.05, 0.1) is 16.8 Å². The number of fused-ring (bicyclic) bond motifs is 1. The summed E-state index contributed by atoms with van der Waals surface area (Å²) in [6.45, 7) is 0.292. The number of sulfonamides is 1. The van der Waals surface area contributed by atoms with E-state index in [0.29, 0.717) is 30.3 Å². The first-order chi connectivity index (χ1) is 16.3. The Kier molecular flexibility index (Phi) is 7.26. The Balaban J connectivity index is 1.57. The van der Waals surface area contributed by atoms with Crippen molar-refractivity contribution in [1.82, 2.24) is 5.43 Å². The molecule has 1 amide bonds. The van der Waals surface area contributed by atoms with E-state index in [-0.39, 0.29) is 20.6 Å². The number of benzene rings is 3. The monoisotopic (exact) mass is 519 g/mol. The lowest BCUT2D eigenvalue weighted by molar-refractivity contribution is -0.119. The van der Waals surface area contributed by atoms with Crippen molar-refractivity contribution in [3.8, 4) is 11.5 Å². The van der Waals surface area contributed by atoms with Gasteiger partial charge in [0.25, 0.3) is 15.9 Å². The first-order valence-electron chi connectivity index (χ1n) is 10.1. The highest BCUT2D eigenvalue weighted by Crippen LogP contribution is 2.32. The van der Waals surface area contributed by atoms with E-state index in [0.717, 1.165) is 4.31 Å². The minimum absolute atomic E-state index is 0.00969. The van der Waals surface area contributed by atoms with Crippen LogP contribution in [-0.4, -0.2) is 40.3 Å². The second kappa shape index (κ2) is 10.3. The van der Waals surface area contributed by atoms with Crippen LogP contribution in [0.5, 0.6) is 11.5 Å². The van der Waals surface area contributed by atoms with Gasteiger partial charge in [0.15, 0.2) is 11.5 Å². The van der Waals surface area contributed by atoms with Crippen molar-refractivity contribution in [1.29, 1.82) is 0 Å². The molecule has 0 radical (unpaired) electrons. The second-order valence-electron chi connectivity index (χ2n) is 7.12. The molecule has 0 saturated carbocycles. The van der Waals surface area contributed by atoms with Crippen molar-refractivity contribution >= 4 is 51.0 Å². The smallest absolute Gasteiger partial charge is 0.264 e. The molecule has 8 nitrogen and oxygen atoms in total. The lowest BCUT2D eigenvalue weighted by atomic mass is 10.2. The van der Waals surface area contributed by atoms with Gasteiger partial charge in [-0.05, 0) is 42.5 Å². The molecule has 0 saturated heterocycles. The summed E-state index contributed by atoms with van der Waals surface area (Å²) in [5, 5.41) is 4.41. The van der Waals surface area contributed by atoms with Crippen molar-refractivity contribution in [2.75, 3.05) is 24.1 Å². The van der Waals surface area contributed by atoms with E-state index < -0.39 is 22.5 Å². The van der Waals surface area contributed by atoms with Crippen molar-refractivity contribution in [2.24, 2.45) is 5.10 Å². The van der Waals surface area contributed by atoms with Gasteiger partial charge in [0, 0.05) is 15.6 Å².